The van der Waals surface area contributed by atoms with Gasteiger partial charge in [0.05, 0.1) is 11.6 Å². The van der Waals surface area contributed by atoms with Crippen molar-refractivity contribution in [2.24, 2.45) is 10.3 Å². The summed E-state index contributed by atoms with van der Waals surface area (Å²) in [6.07, 6.45) is 0. The Balaban J connectivity index is 1.68. The molecule has 0 aromatic heterocycles. The Morgan fingerprint density at radius 1 is 0.885 bits per heavy atom. The molecular formula is C20H15Cl2N3O. The van der Waals surface area contributed by atoms with Crippen LogP contribution in [0.2, 0.25) is 10.0 Å². The Morgan fingerprint density at radius 2 is 1.65 bits per heavy atom. The largest absolute Gasteiger partial charge is 0.454 e. The molecule has 0 fully saturated rings. The molecule has 4 rings (SSSR count). The van der Waals surface area contributed by atoms with Crippen molar-refractivity contribution < 1.29 is 4.74 Å². The molecule has 0 saturated carbocycles. The van der Waals surface area contributed by atoms with Gasteiger partial charge in [-0.15, -0.1) is 0 Å². The number of para-hydroxylation sites is 2. The quantitative estimate of drug-likeness (QED) is 0.501. The SMILES string of the molecule is Clc1ccc(Oc2ccccc2N2N=NCC2c2ccccc2)c(Cl)c1. The van der Waals surface area contributed by atoms with Crippen molar-refractivity contribution >= 4 is 28.9 Å². The number of rotatable bonds is 4. The standard InChI is InChI=1S/C20H15Cl2N3O/c21-15-10-11-19(16(22)12-15)26-20-9-5-4-8-17(20)25-18(13-23-24-25)14-6-2-1-3-7-14/h1-12,18H,13H2. The third-order valence-corrected chi connectivity index (χ3v) is 4.65. The first-order chi connectivity index (χ1) is 12.7. The highest BCUT2D eigenvalue weighted by molar-refractivity contribution is 6.35. The zero-order valence-electron chi connectivity index (χ0n) is 13.7. The molecule has 1 aliphatic rings. The molecule has 0 bridgehead atoms. The lowest BCUT2D eigenvalue weighted by molar-refractivity contribution is 0.480. The third-order valence-electron chi connectivity index (χ3n) is 4.12. The molecule has 1 aliphatic heterocycles. The Labute approximate surface area is 161 Å². The monoisotopic (exact) mass is 383 g/mol. The van der Waals surface area contributed by atoms with Crippen LogP contribution in [0.5, 0.6) is 11.5 Å². The highest BCUT2D eigenvalue weighted by Gasteiger charge is 2.27. The van der Waals surface area contributed by atoms with E-state index in [0.717, 1.165) is 11.3 Å². The summed E-state index contributed by atoms with van der Waals surface area (Å²) >= 11 is 12.2. The van der Waals surface area contributed by atoms with Crippen molar-refractivity contribution in [3.8, 4) is 11.5 Å². The number of halogens is 2. The number of ether oxygens (including phenoxy) is 1. The summed E-state index contributed by atoms with van der Waals surface area (Å²) in [5.41, 5.74) is 1.98. The van der Waals surface area contributed by atoms with Crippen molar-refractivity contribution in [2.45, 2.75) is 6.04 Å². The van der Waals surface area contributed by atoms with Crippen LogP contribution in [0.1, 0.15) is 11.6 Å². The van der Waals surface area contributed by atoms with Gasteiger partial charge in [0.15, 0.2) is 5.75 Å². The van der Waals surface area contributed by atoms with Crippen LogP contribution < -0.4 is 9.75 Å². The van der Waals surface area contributed by atoms with Crippen LogP contribution in [0.4, 0.5) is 5.69 Å². The average Bonchev–Trinajstić information content (AvgIpc) is 3.15. The highest BCUT2D eigenvalue weighted by Crippen LogP contribution is 2.41. The van der Waals surface area contributed by atoms with Gasteiger partial charge >= 0.3 is 0 Å². The van der Waals surface area contributed by atoms with Crippen LogP contribution in [0.25, 0.3) is 0 Å². The van der Waals surface area contributed by atoms with Crippen molar-refractivity contribution in [1.82, 2.24) is 0 Å². The fourth-order valence-electron chi connectivity index (χ4n) is 2.87. The summed E-state index contributed by atoms with van der Waals surface area (Å²) in [6, 6.07) is 23.1. The van der Waals surface area contributed by atoms with Crippen LogP contribution >= 0.6 is 23.2 Å². The fraction of sp³-hybridized carbons (Fsp3) is 0.100. The molecule has 0 N–H and O–H groups in total. The topological polar surface area (TPSA) is 37.2 Å². The van der Waals surface area contributed by atoms with E-state index in [2.05, 4.69) is 22.5 Å². The zero-order valence-corrected chi connectivity index (χ0v) is 15.2. The van der Waals surface area contributed by atoms with E-state index >= 15 is 0 Å². The third kappa shape index (κ3) is 3.39. The van der Waals surface area contributed by atoms with Crippen molar-refractivity contribution in [1.29, 1.82) is 0 Å². The minimum atomic E-state index is 0.0293. The maximum atomic E-state index is 6.25. The smallest absolute Gasteiger partial charge is 0.152 e. The minimum Gasteiger partial charge on any atom is -0.454 e. The maximum Gasteiger partial charge on any atom is 0.152 e. The Morgan fingerprint density at radius 3 is 2.46 bits per heavy atom. The molecule has 0 spiro atoms. The Bertz CT molecular complexity index is 947. The lowest BCUT2D eigenvalue weighted by atomic mass is 10.1. The molecule has 130 valence electrons. The summed E-state index contributed by atoms with van der Waals surface area (Å²) < 4.78 is 6.06. The first-order valence-corrected chi connectivity index (χ1v) is 8.91. The van der Waals surface area contributed by atoms with E-state index in [9.17, 15) is 0 Å². The average molecular weight is 384 g/mol. The number of hydrogen-bond acceptors (Lipinski definition) is 4. The molecule has 0 radical (unpaired) electrons. The number of benzene rings is 3. The van der Waals surface area contributed by atoms with Gasteiger partial charge in [-0.1, -0.05) is 70.9 Å². The molecular weight excluding hydrogens is 369 g/mol. The second-order valence-corrected chi connectivity index (χ2v) is 6.67. The number of nitrogens with zero attached hydrogens (tertiary/aromatic N) is 3. The molecule has 0 amide bonds. The molecule has 0 aliphatic carbocycles. The normalized spacial score (nSPS) is 16.1. The molecule has 1 unspecified atom stereocenters. The first-order valence-electron chi connectivity index (χ1n) is 8.16. The number of hydrogen-bond donors (Lipinski definition) is 0. The Kier molecular flexibility index (Phi) is 4.78. The molecule has 0 saturated heterocycles. The minimum absolute atomic E-state index is 0.0293. The fourth-order valence-corrected chi connectivity index (χ4v) is 3.32. The van der Waals surface area contributed by atoms with Gasteiger partial charge in [-0.05, 0) is 35.9 Å². The maximum absolute atomic E-state index is 6.25. The predicted octanol–water partition coefficient (Wildman–Crippen LogP) is 6.71. The molecule has 6 heteroatoms. The first kappa shape index (κ1) is 16.9. The van der Waals surface area contributed by atoms with Gasteiger partial charge in [0.1, 0.15) is 17.5 Å². The van der Waals surface area contributed by atoms with E-state index in [4.69, 9.17) is 27.9 Å². The second-order valence-electron chi connectivity index (χ2n) is 5.83. The van der Waals surface area contributed by atoms with Crippen molar-refractivity contribution in [3.63, 3.8) is 0 Å². The molecule has 1 atom stereocenters. The van der Waals surface area contributed by atoms with Gasteiger partial charge < -0.3 is 4.74 Å². The zero-order chi connectivity index (χ0) is 17.9. The highest BCUT2D eigenvalue weighted by atomic mass is 35.5. The summed E-state index contributed by atoms with van der Waals surface area (Å²) in [5, 5.41) is 11.5. The predicted molar refractivity (Wildman–Crippen MR) is 104 cm³/mol. The summed E-state index contributed by atoms with van der Waals surface area (Å²) in [6.45, 7) is 0.597. The van der Waals surface area contributed by atoms with E-state index < -0.39 is 0 Å². The van der Waals surface area contributed by atoms with Gasteiger partial charge in [0, 0.05) is 5.02 Å². The van der Waals surface area contributed by atoms with E-state index in [1.54, 1.807) is 18.2 Å². The van der Waals surface area contributed by atoms with Gasteiger partial charge in [-0.25, -0.2) is 5.01 Å². The van der Waals surface area contributed by atoms with E-state index in [1.807, 2.05) is 47.5 Å². The van der Waals surface area contributed by atoms with Crippen LogP contribution in [0.3, 0.4) is 0 Å². The van der Waals surface area contributed by atoms with E-state index in [-0.39, 0.29) is 6.04 Å². The molecule has 4 nitrogen and oxygen atoms in total. The van der Waals surface area contributed by atoms with Crippen LogP contribution in [-0.2, 0) is 0 Å². The van der Waals surface area contributed by atoms with Gasteiger partial charge in [0.25, 0.3) is 0 Å². The van der Waals surface area contributed by atoms with Crippen LogP contribution in [0.15, 0.2) is 83.1 Å². The number of anilines is 1. The lowest BCUT2D eigenvalue weighted by Crippen LogP contribution is -2.21. The van der Waals surface area contributed by atoms with Crippen LogP contribution in [-0.4, -0.2) is 6.54 Å². The summed E-state index contributed by atoms with van der Waals surface area (Å²) in [4.78, 5) is 0. The lowest BCUT2D eigenvalue weighted by Gasteiger charge is -2.24. The molecule has 3 aromatic carbocycles. The van der Waals surface area contributed by atoms with Gasteiger partial charge in [-0.2, -0.15) is 5.11 Å². The van der Waals surface area contributed by atoms with Crippen molar-refractivity contribution in [3.05, 3.63) is 88.4 Å². The van der Waals surface area contributed by atoms with Crippen molar-refractivity contribution in [2.75, 3.05) is 11.6 Å². The summed E-state index contributed by atoms with van der Waals surface area (Å²) in [7, 11) is 0. The Hall–Kier alpha value is -2.56. The molecule has 26 heavy (non-hydrogen) atoms. The van der Waals surface area contributed by atoms with Gasteiger partial charge in [0.2, 0.25) is 0 Å². The summed E-state index contributed by atoms with van der Waals surface area (Å²) in [5.74, 6) is 1.19. The molecule has 1 heterocycles. The van der Waals surface area contributed by atoms with E-state index in [0.29, 0.717) is 28.1 Å². The van der Waals surface area contributed by atoms with Gasteiger partial charge in [-0.3, -0.25) is 0 Å². The van der Waals surface area contributed by atoms with E-state index in [1.165, 1.54) is 0 Å². The van der Waals surface area contributed by atoms with Crippen LogP contribution in [0, 0.1) is 0 Å². The molecule has 3 aromatic rings. The second kappa shape index (κ2) is 7.36.